The molecule has 0 bridgehead atoms. The zero-order valence-electron chi connectivity index (χ0n) is 23.7. The molecule has 0 radical (unpaired) electrons. The summed E-state index contributed by atoms with van der Waals surface area (Å²) in [7, 11) is 1.18. The smallest absolute Gasteiger partial charge is 0.192 e. The van der Waals surface area contributed by atoms with Gasteiger partial charge in [0.15, 0.2) is 8.32 Å². The van der Waals surface area contributed by atoms with Gasteiger partial charge in [0.05, 0.1) is 33.5 Å². The van der Waals surface area contributed by atoms with E-state index >= 15 is 0 Å². The Morgan fingerprint density at radius 3 is 2.17 bits per heavy atom. The Balaban J connectivity index is 2.58. The second-order valence-corrected chi connectivity index (χ2v) is 15.7. The van der Waals surface area contributed by atoms with Crippen LogP contribution in [0.4, 0.5) is 0 Å². The fourth-order valence-electron chi connectivity index (χ4n) is 4.19. The van der Waals surface area contributed by atoms with Crippen LogP contribution in [0.15, 0.2) is 36.9 Å². The van der Waals surface area contributed by atoms with Gasteiger partial charge in [0.1, 0.15) is 11.5 Å². The van der Waals surface area contributed by atoms with Crippen molar-refractivity contribution in [2.24, 2.45) is 5.92 Å². The van der Waals surface area contributed by atoms with Gasteiger partial charge in [-0.15, -0.1) is 0 Å². The van der Waals surface area contributed by atoms with Crippen molar-refractivity contribution in [3.8, 4) is 11.5 Å². The molecule has 2 aromatic rings. The van der Waals surface area contributed by atoms with Gasteiger partial charge < -0.3 is 23.7 Å². The van der Waals surface area contributed by atoms with Crippen LogP contribution in [-0.2, 0) is 22.2 Å². The van der Waals surface area contributed by atoms with Crippen LogP contribution in [0.3, 0.4) is 0 Å². The van der Waals surface area contributed by atoms with Crippen molar-refractivity contribution >= 4 is 14.4 Å². The van der Waals surface area contributed by atoms with Gasteiger partial charge in [0, 0.05) is 29.2 Å². The van der Waals surface area contributed by atoms with Gasteiger partial charge >= 0.3 is 0 Å². The first-order chi connectivity index (χ1) is 16.9. The van der Waals surface area contributed by atoms with Crippen molar-refractivity contribution in [2.45, 2.75) is 71.9 Å². The number of benzene rings is 2. The third-order valence-corrected chi connectivity index (χ3v) is 11.8. The topological polar surface area (TPSA) is 57.2 Å². The Hall–Kier alpha value is -2.12. The van der Waals surface area contributed by atoms with Crippen LogP contribution in [0.25, 0.3) is 6.08 Å². The Kier molecular flexibility index (Phi) is 10.8. The van der Waals surface area contributed by atoms with Crippen molar-refractivity contribution in [3.05, 3.63) is 64.7 Å². The van der Waals surface area contributed by atoms with Crippen LogP contribution in [0.2, 0.25) is 18.1 Å². The molecule has 0 heterocycles. The number of methoxy groups -OCH3 is 2. The quantitative estimate of drug-likeness (QED) is 0.228. The first kappa shape index (κ1) is 30.1. The highest BCUT2D eigenvalue weighted by Crippen LogP contribution is 2.48. The van der Waals surface area contributed by atoms with Crippen LogP contribution in [-0.4, -0.2) is 40.9 Å². The van der Waals surface area contributed by atoms with Gasteiger partial charge in [-0.1, -0.05) is 70.7 Å². The molecule has 6 heteroatoms. The van der Waals surface area contributed by atoms with Crippen LogP contribution in [0, 0.1) is 12.8 Å². The molecule has 0 saturated heterocycles. The van der Waals surface area contributed by atoms with Crippen LogP contribution >= 0.6 is 0 Å². The second kappa shape index (κ2) is 12.9. The predicted molar refractivity (Wildman–Crippen MR) is 151 cm³/mol. The minimum Gasteiger partial charge on any atom is -0.496 e. The Morgan fingerprint density at radius 1 is 1.06 bits per heavy atom. The third-order valence-electron chi connectivity index (χ3n) is 7.38. The minimum atomic E-state index is -2.19. The van der Waals surface area contributed by atoms with Crippen molar-refractivity contribution < 1.29 is 23.7 Å². The standard InChI is InChI=1S/C30H46O5Si/c1-11-24-26(27(21(2)19-31)35-36(9,10)30(4,5)6)29(33-8)25(22(3)28(24)32-7)17-18-34-20-23-15-13-12-14-16-23/h11-16,21,27,31H,1,17-20H2,2-10H3/t21-,27-/m0/s1. The Bertz CT molecular complexity index is 995. The van der Waals surface area contributed by atoms with Gasteiger partial charge in [-0.2, -0.15) is 0 Å². The fourth-order valence-corrected chi connectivity index (χ4v) is 5.53. The van der Waals surface area contributed by atoms with E-state index in [1.165, 1.54) is 0 Å². The average Bonchev–Trinajstić information content (AvgIpc) is 2.84. The molecular formula is C30H46O5Si. The van der Waals surface area contributed by atoms with E-state index in [2.05, 4.69) is 52.6 Å². The Morgan fingerprint density at radius 2 is 1.67 bits per heavy atom. The van der Waals surface area contributed by atoms with Crippen LogP contribution < -0.4 is 9.47 Å². The molecule has 0 unspecified atom stereocenters. The number of ether oxygens (including phenoxy) is 3. The summed E-state index contributed by atoms with van der Waals surface area (Å²) in [5.41, 5.74) is 4.90. The van der Waals surface area contributed by atoms with E-state index in [1.807, 2.05) is 38.1 Å². The van der Waals surface area contributed by atoms with Crippen molar-refractivity contribution in [3.63, 3.8) is 0 Å². The molecule has 200 valence electrons. The average molecular weight is 515 g/mol. The highest BCUT2D eigenvalue weighted by molar-refractivity contribution is 6.74. The number of aliphatic hydroxyl groups excluding tert-OH is 1. The van der Waals surface area contributed by atoms with E-state index in [9.17, 15) is 5.11 Å². The molecule has 0 aliphatic carbocycles. The summed E-state index contributed by atoms with van der Waals surface area (Å²) < 4.78 is 25.0. The molecule has 2 atom stereocenters. The van der Waals surface area contributed by atoms with Gasteiger partial charge in [-0.05, 0) is 42.6 Å². The van der Waals surface area contributed by atoms with E-state index < -0.39 is 8.32 Å². The molecule has 0 fully saturated rings. The molecule has 0 saturated carbocycles. The molecule has 0 aliphatic heterocycles. The lowest BCUT2D eigenvalue weighted by Crippen LogP contribution is -2.43. The largest absolute Gasteiger partial charge is 0.496 e. The van der Waals surface area contributed by atoms with Gasteiger partial charge in [-0.3, -0.25) is 0 Å². The highest BCUT2D eigenvalue weighted by Gasteiger charge is 2.42. The number of rotatable bonds is 13. The van der Waals surface area contributed by atoms with Gasteiger partial charge in [0.2, 0.25) is 0 Å². The zero-order chi connectivity index (χ0) is 27.1. The molecule has 0 spiro atoms. The molecule has 2 aromatic carbocycles. The van der Waals surface area contributed by atoms with Crippen LogP contribution in [0.1, 0.15) is 61.6 Å². The maximum absolute atomic E-state index is 10.2. The Labute approximate surface area is 219 Å². The molecule has 1 N–H and O–H groups in total. The number of hydrogen-bond acceptors (Lipinski definition) is 5. The molecule has 2 rings (SSSR count). The lowest BCUT2D eigenvalue weighted by atomic mass is 9.87. The molecule has 5 nitrogen and oxygen atoms in total. The van der Waals surface area contributed by atoms with Gasteiger partial charge in [0.25, 0.3) is 0 Å². The fraction of sp³-hybridized carbons (Fsp3) is 0.533. The maximum Gasteiger partial charge on any atom is 0.192 e. The molecule has 0 aliphatic rings. The van der Waals surface area contributed by atoms with E-state index in [1.54, 1.807) is 14.2 Å². The van der Waals surface area contributed by atoms with E-state index in [0.717, 1.165) is 39.3 Å². The highest BCUT2D eigenvalue weighted by atomic mass is 28.4. The number of aliphatic hydroxyl groups is 1. The SMILES string of the molecule is C=Cc1c(OC)c(C)c(CCOCc2ccccc2)c(OC)c1[C@@H](O[Si](C)(C)C(C)(C)C)[C@@H](C)CO. The summed E-state index contributed by atoms with van der Waals surface area (Å²) in [5, 5.41) is 10.2. The summed E-state index contributed by atoms with van der Waals surface area (Å²) in [6, 6.07) is 10.2. The molecule has 36 heavy (non-hydrogen) atoms. The first-order valence-electron chi connectivity index (χ1n) is 12.7. The lowest BCUT2D eigenvalue weighted by molar-refractivity contribution is 0.0823. The third kappa shape index (κ3) is 6.80. The monoisotopic (exact) mass is 514 g/mol. The second-order valence-electron chi connectivity index (χ2n) is 10.9. The van der Waals surface area contributed by atoms with E-state index in [-0.39, 0.29) is 23.7 Å². The summed E-state index contributed by atoms with van der Waals surface area (Å²) in [6.45, 7) is 20.4. The minimum absolute atomic E-state index is 0.00486. The summed E-state index contributed by atoms with van der Waals surface area (Å²) in [5.74, 6) is 1.37. The van der Waals surface area contributed by atoms with Crippen LogP contribution in [0.5, 0.6) is 11.5 Å². The number of hydrogen-bond donors (Lipinski definition) is 1. The molecule has 0 amide bonds. The van der Waals surface area contributed by atoms with Crippen molar-refractivity contribution in [1.29, 1.82) is 0 Å². The normalized spacial score (nSPS) is 13.8. The maximum atomic E-state index is 10.2. The van der Waals surface area contributed by atoms with E-state index in [4.69, 9.17) is 18.6 Å². The summed E-state index contributed by atoms with van der Waals surface area (Å²) in [4.78, 5) is 0. The molecular weight excluding hydrogens is 468 g/mol. The molecule has 0 aromatic heterocycles. The summed E-state index contributed by atoms with van der Waals surface area (Å²) in [6.07, 6.45) is 2.09. The summed E-state index contributed by atoms with van der Waals surface area (Å²) >= 11 is 0. The first-order valence-corrected chi connectivity index (χ1v) is 15.6. The van der Waals surface area contributed by atoms with Crippen molar-refractivity contribution in [1.82, 2.24) is 0 Å². The predicted octanol–water partition coefficient (Wildman–Crippen LogP) is 7.11. The lowest BCUT2D eigenvalue weighted by Gasteiger charge is -2.42. The van der Waals surface area contributed by atoms with E-state index in [0.29, 0.717) is 19.6 Å². The van der Waals surface area contributed by atoms with Gasteiger partial charge in [-0.25, -0.2) is 0 Å². The zero-order valence-corrected chi connectivity index (χ0v) is 24.7. The van der Waals surface area contributed by atoms with Crippen molar-refractivity contribution in [2.75, 3.05) is 27.4 Å².